The molecule has 0 unspecified atom stereocenters. The Morgan fingerprint density at radius 1 is 1.27 bits per heavy atom. The average Bonchev–Trinajstić information content (AvgIpc) is 2.51. The van der Waals surface area contributed by atoms with Gasteiger partial charge in [-0.2, -0.15) is 0 Å². The Morgan fingerprint density at radius 2 is 2.09 bits per heavy atom. The molecule has 0 spiro atoms. The average molecular weight is 362 g/mol. The molecule has 0 aliphatic carbocycles. The number of pyridine rings is 1. The fourth-order valence-electron chi connectivity index (χ4n) is 1.99. The van der Waals surface area contributed by atoms with Gasteiger partial charge in [-0.3, -0.25) is 4.79 Å². The first-order valence-electron chi connectivity index (χ1n) is 7.37. The van der Waals surface area contributed by atoms with Crippen molar-refractivity contribution in [3.63, 3.8) is 0 Å². The number of aryl methyl sites for hydroxylation is 1. The van der Waals surface area contributed by atoms with Gasteiger partial charge in [-0.05, 0) is 49.2 Å². The second-order valence-electron chi connectivity index (χ2n) is 5.13. The zero-order valence-electron chi connectivity index (χ0n) is 12.8. The Balaban J connectivity index is 2.01. The quantitative estimate of drug-likeness (QED) is 0.748. The van der Waals surface area contributed by atoms with E-state index in [9.17, 15) is 4.79 Å². The molecule has 0 fully saturated rings. The van der Waals surface area contributed by atoms with Crippen LogP contribution < -0.4 is 10.6 Å². The van der Waals surface area contributed by atoms with E-state index in [1.807, 2.05) is 31.2 Å². The molecule has 2 rings (SSSR count). The van der Waals surface area contributed by atoms with Crippen LogP contribution in [0.25, 0.3) is 0 Å². The van der Waals surface area contributed by atoms with E-state index in [0.717, 1.165) is 34.4 Å². The Bertz CT molecular complexity index is 641. The zero-order chi connectivity index (χ0) is 15.9. The summed E-state index contributed by atoms with van der Waals surface area (Å²) >= 11 is 3.45. The monoisotopic (exact) mass is 361 g/mol. The number of carbonyl (C=O) groups excluding carboxylic acids is 1. The van der Waals surface area contributed by atoms with Gasteiger partial charge < -0.3 is 10.6 Å². The molecule has 2 N–H and O–H groups in total. The standard InChI is InChI=1S/C17H20BrN3O/c1-3-4-9-19-17(22)13-5-8-16(20-11-13)21-15-7-6-14(18)10-12(15)2/h5-8,10-11H,3-4,9H2,1-2H3,(H,19,22)(H,20,21). The number of rotatable bonds is 6. The molecule has 0 bridgehead atoms. The van der Waals surface area contributed by atoms with E-state index >= 15 is 0 Å². The number of aromatic nitrogens is 1. The van der Waals surface area contributed by atoms with Crippen molar-refractivity contribution in [3.8, 4) is 0 Å². The third kappa shape index (κ3) is 4.56. The van der Waals surface area contributed by atoms with Crippen molar-refractivity contribution < 1.29 is 4.79 Å². The predicted molar refractivity (Wildman–Crippen MR) is 93.6 cm³/mol. The minimum absolute atomic E-state index is 0.0766. The van der Waals surface area contributed by atoms with Gasteiger partial charge >= 0.3 is 0 Å². The van der Waals surface area contributed by atoms with E-state index in [1.165, 1.54) is 0 Å². The first kappa shape index (κ1) is 16.5. The van der Waals surface area contributed by atoms with E-state index in [0.29, 0.717) is 12.1 Å². The first-order chi connectivity index (χ1) is 10.6. The predicted octanol–water partition coefficient (Wildman–Crippen LogP) is 4.43. The minimum Gasteiger partial charge on any atom is -0.352 e. The number of nitrogens with one attached hydrogen (secondary N) is 2. The summed E-state index contributed by atoms with van der Waals surface area (Å²) in [6.07, 6.45) is 3.65. The molecule has 0 aliphatic heterocycles. The van der Waals surface area contributed by atoms with Gasteiger partial charge in [0.2, 0.25) is 0 Å². The molecule has 1 aromatic carbocycles. The maximum Gasteiger partial charge on any atom is 0.252 e. The number of hydrogen-bond acceptors (Lipinski definition) is 3. The van der Waals surface area contributed by atoms with E-state index < -0.39 is 0 Å². The number of unbranched alkanes of at least 4 members (excludes halogenated alkanes) is 1. The van der Waals surface area contributed by atoms with Gasteiger partial charge in [0.1, 0.15) is 5.82 Å². The van der Waals surface area contributed by atoms with Gasteiger partial charge in [0.25, 0.3) is 5.91 Å². The van der Waals surface area contributed by atoms with Crippen LogP contribution >= 0.6 is 15.9 Å². The van der Waals surface area contributed by atoms with Crippen molar-refractivity contribution in [3.05, 3.63) is 52.1 Å². The summed E-state index contributed by atoms with van der Waals surface area (Å²) in [5.41, 5.74) is 2.70. The van der Waals surface area contributed by atoms with Crippen molar-refractivity contribution in [2.45, 2.75) is 26.7 Å². The molecule has 116 valence electrons. The van der Waals surface area contributed by atoms with Gasteiger partial charge in [0.05, 0.1) is 5.56 Å². The highest BCUT2D eigenvalue weighted by atomic mass is 79.9. The lowest BCUT2D eigenvalue weighted by molar-refractivity contribution is 0.0953. The number of anilines is 2. The zero-order valence-corrected chi connectivity index (χ0v) is 14.4. The van der Waals surface area contributed by atoms with Gasteiger partial charge in [0, 0.05) is 22.9 Å². The van der Waals surface area contributed by atoms with Crippen LogP contribution in [0.3, 0.4) is 0 Å². The molecule has 0 atom stereocenters. The Hall–Kier alpha value is -1.88. The van der Waals surface area contributed by atoms with Crippen LogP contribution in [-0.2, 0) is 0 Å². The fraction of sp³-hybridized carbons (Fsp3) is 0.294. The molecule has 4 nitrogen and oxygen atoms in total. The second kappa shape index (κ2) is 7.94. The second-order valence-corrected chi connectivity index (χ2v) is 6.04. The van der Waals surface area contributed by atoms with Crippen LogP contribution in [0.1, 0.15) is 35.7 Å². The smallest absolute Gasteiger partial charge is 0.252 e. The Morgan fingerprint density at radius 3 is 2.73 bits per heavy atom. The number of nitrogens with zero attached hydrogens (tertiary/aromatic N) is 1. The molecule has 2 aromatic rings. The van der Waals surface area contributed by atoms with E-state index in [4.69, 9.17) is 0 Å². The van der Waals surface area contributed by atoms with Crippen LogP contribution in [0.2, 0.25) is 0 Å². The van der Waals surface area contributed by atoms with Gasteiger partial charge in [-0.1, -0.05) is 29.3 Å². The summed E-state index contributed by atoms with van der Waals surface area (Å²) in [6, 6.07) is 9.61. The topological polar surface area (TPSA) is 54.0 Å². The van der Waals surface area contributed by atoms with Crippen LogP contribution in [0.4, 0.5) is 11.5 Å². The molecule has 1 amide bonds. The number of carbonyl (C=O) groups is 1. The summed E-state index contributed by atoms with van der Waals surface area (Å²) < 4.78 is 1.04. The molecule has 0 radical (unpaired) electrons. The lowest BCUT2D eigenvalue weighted by Gasteiger charge is -2.10. The number of halogens is 1. The molecule has 1 heterocycles. The fourth-order valence-corrected chi connectivity index (χ4v) is 2.46. The van der Waals surface area contributed by atoms with Gasteiger partial charge in [0.15, 0.2) is 0 Å². The van der Waals surface area contributed by atoms with Crippen LogP contribution in [0.5, 0.6) is 0 Å². The highest BCUT2D eigenvalue weighted by molar-refractivity contribution is 9.10. The summed E-state index contributed by atoms with van der Waals surface area (Å²) in [4.78, 5) is 16.2. The maximum absolute atomic E-state index is 11.9. The summed E-state index contributed by atoms with van der Waals surface area (Å²) in [5.74, 6) is 0.642. The largest absolute Gasteiger partial charge is 0.352 e. The van der Waals surface area contributed by atoms with Gasteiger partial charge in [-0.15, -0.1) is 0 Å². The molecule has 1 aromatic heterocycles. The van der Waals surface area contributed by atoms with Crippen molar-refractivity contribution in [1.29, 1.82) is 0 Å². The first-order valence-corrected chi connectivity index (χ1v) is 8.17. The van der Waals surface area contributed by atoms with Crippen molar-refractivity contribution in [1.82, 2.24) is 10.3 Å². The summed E-state index contributed by atoms with van der Waals surface area (Å²) in [7, 11) is 0. The SMILES string of the molecule is CCCCNC(=O)c1ccc(Nc2ccc(Br)cc2C)nc1. The molecular weight excluding hydrogens is 342 g/mol. The lowest BCUT2D eigenvalue weighted by atomic mass is 10.2. The highest BCUT2D eigenvalue weighted by Gasteiger charge is 2.06. The lowest BCUT2D eigenvalue weighted by Crippen LogP contribution is -2.24. The van der Waals surface area contributed by atoms with E-state index in [1.54, 1.807) is 12.3 Å². The van der Waals surface area contributed by atoms with Crippen LogP contribution in [0, 0.1) is 6.92 Å². The molecule has 22 heavy (non-hydrogen) atoms. The van der Waals surface area contributed by atoms with Gasteiger partial charge in [-0.25, -0.2) is 4.98 Å². The molecule has 0 aliphatic rings. The number of benzene rings is 1. The van der Waals surface area contributed by atoms with E-state index in [2.05, 4.69) is 38.5 Å². The highest BCUT2D eigenvalue weighted by Crippen LogP contribution is 2.22. The van der Waals surface area contributed by atoms with Crippen LogP contribution in [0.15, 0.2) is 41.0 Å². The van der Waals surface area contributed by atoms with Crippen molar-refractivity contribution in [2.75, 3.05) is 11.9 Å². The molecule has 0 saturated carbocycles. The normalized spacial score (nSPS) is 10.3. The summed E-state index contributed by atoms with van der Waals surface area (Å²) in [6.45, 7) is 4.83. The number of amides is 1. The molecule has 5 heteroatoms. The van der Waals surface area contributed by atoms with Crippen molar-refractivity contribution >= 4 is 33.3 Å². The summed E-state index contributed by atoms with van der Waals surface area (Å²) in [5, 5.41) is 6.13. The number of hydrogen-bond donors (Lipinski definition) is 2. The Kier molecular flexibility index (Phi) is 5.95. The molecular formula is C17H20BrN3O. The molecule has 0 saturated heterocycles. The Labute approximate surface area is 139 Å². The maximum atomic E-state index is 11.9. The van der Waals surface area contributed by atoms with E-state index in [-0.39, 0.29) is 5.91 Å². The van der Waals surface area contributed by atoms with Crippen LogP contribution in [-0.4, -0.2) is 17.4 Å². The third-order valence-electron chi connectivity index (χ3n) is 3.29. The van der Waals surface area contributed by atoms with Crippen molar-refractivity contribution in [2.24, 2.45) is 0 Å². The minimum atomic E-state index is -0.0766. The third-order valence-corrected chi connectivity index (χ3v) is 3.79.